The number of methoxy groups -OCH3 is 1. The van der Waals surface area contributed by atoms with Gasteiger partial charge in [0, 0.05) is 24.7 Å². The number of imidazole rings is 1. The van der Waals surface area contributed by atoms with Crippen LogP contribution in [0.4, 0.5) is 5.69 Å². The van der Waals surface area contributed by atoms with E-state index in [4.69, 9.17) is 21.3 Å². The summed E-state index contributed by atoms with van der Waals surface area (Å²) in [7, 11) is -1.88. The number of piperidine rings is 1. The highest BCUT2D eigenvalue weighted by atomic mass is 35.5. The number of anilines is 1. The van der Waals surface area contributed by atoms with E-state index >= 15 is 0 Å². The van der Waals surface area contributed by atoms with Crippen LogP contribution in [0.3, 0.4) is 0 Å². The number of rotatable bonds is 7. The van der Waals surface area contributed by atoms with Crippen molar-refractivity contribution < 1.29 is 13.2 Å². The number of hydrogen-bond donors (Lipinski definition) is 1. The quantitative estimate of drug-likeness (QED) is 0.559. The molecule has 0 saturated carbocycles. The first kappa shape index (κ1) is 21.9. The van der Waals surface area contributed by atoms with Gasteiger partial charge in [0.15, 0.2) is 0 Å². The third-order valence-corrected chi connectivity index (χ3v) is 7.80. The molecule has 0 amide bonds. The zero-order chi connectivity index (χ0) is 22.0. The Bertz CT molecular complexity index is 1190. The Morgan fingerprint density at radius 3 is 2.61 bits per heavy atom. The topological polar surface area (TPSA) is 76.5 Å². The fourth-order valence-corrected chi connectivity index (χ4v) is 5.76. The Balaban J connectivity index is 1.64. The molecular weight excluding hydrogens is 436 g/mol. The minimum atomic E-state index is -3.50. The van der Waals surface area contributed by atoms with E-state index in [-0.39, 0.29) is 0 Å². The van der Waals surface area contributed by atoms with E-state index < -0.39 is 10.0 Å². The maximum Gasteiger partial charge on any atom is 0.243 e. The van der Waals surface area contributed by atoms with Gasteiger partial charge in [-0.2, -0.15) is 4.31 Å². The van der Waals surface area contributed by atoms with Crippen LogP contribution in [-0.2, 0) is 23.1 Å². The molecule has 0 unspecified atom stereocenters. The number of hydrogen-bond acceptors (Lipinski definition) is 5. The highest BCUT2D eigenvalue weighted by molar-refractivity contribution is 7.89. The zero-order valence-electron chi connectivity index (χ0n) is 17.8. The number of benzene rings is 2. The van der Waals surface area contributed by atoms with E-state index in [1.54, 1.807) is 29.6 Å². The lowest BCUT2D eigenvalue weighted by molar-refractivity contribution is 0.346. The number of sulfonamides is 1. The van der Waals surface area contributed by atoms with Crippen LogP contribution >= 0.6 is 11.6 Å². The van der Waals surface area contributed by atoms with Crippen LogP contribution in [0.25, 0.3) is 11.0 Å². The summed E-state index contributed by atoms with van der Waals surface area (Å²) in [5.74, 6) is 1.51. The van der Waals surface area contributed by atoms with E-state index in [9.17, 15) is 8.42 Å². The average Bonchev–Trinajstić information content (AvgIpc) is 3.15. The molecule has 1 fully saturated rings. The number of nitrogens with one attached hydrogen (secondary N) is 1. The minimum absolute atomic E-state index is 0.304. The summed E-state index contributed by atoms with van der Waals surface area (Å²) in [5.41, 5.74) is 2.36. The monoisotopic (exact) mass is 462 g/mol. The molecule has 1 aliphatic rings. The molecule has 166 valence electrons. The van der Waals surface area contributed by atoms with Crippen molar-refractivity contribution in [2.45, 2.75) is 44.2 Å². The summed E-state index contributed by atoms with van der Waals surface area (Å²) >= 11 is 6.13. The molecule has 0 radical (unpaired) electrons. The van der Waals surface area contributed by atoms with Gasteiger partial charge in [-0.25, -0.2) is 13.4 Å². The smallest absolute Gasteiger partial charge is 0.243 e. The van der Waals surface area contributed by atoms with Gasteiger partial charge in [-0.15, -0.1) is 0 Å². The van der Waals surface area contributed by atoms with Crippen molar-refractivity contribution in [1.29, 1.82) is 0 Å². The molecule has 0 bridgehead atoms. The molecule has 1 N–H and O–H groups in total. The number of aryl methyl sites for hydroxylation is 1. The molecule has 2 heterocycles. The molecular formula is C22H27ClN4O3S. The Labute approximate surface area is 188 Å². The number of nitrogens with zero attached hydrogens (tertiary/aromatic N) is 3. The van der Waals surface area contributed by atoms with Gasteiger partial charge in [0.05, 0.1) is 35.3 Å². The first-order valence-corrected chi connectivity index (χ1v) is 12.3. The Hall–Kier alpha value is -2.29. The largest absolute Gasteiger partial charge is 0.495 e. The Morgan fingerprint density at radius 2 is 1.90 bits per heavy atom. The summed E-state index contributed by atoms with van der Waals surface area (Å²) in [5, 5.41) is 3.95. The van der Waals surface area contributed by atoms with Gasteiger partial charge < -0.3 is 14.6 Å². The lowest BCUT2D eigenvalue weighted by atomic mass is 10.2. The van der Waals surface area contributed by atoms with E-state index in [0.717, 1.165) is 42.8 Å². The van der Waals surface area contributed by atoms with Crippen LogP contribution in [0.15, 0.2) is 41.3 Å². The van der Waals surface area contributed by atoms with Crippen LogP contribution in [0.5, 0.6) is 5.75 Å². The van der Waals surface area contributed by atoms with Gasteiger partial charge in [-0.3, -0.25) is 0 Å². The second-order valence-electron chi connectivity index (χ2n) is 7.59. The normalized spacial score (nSPS) is 15.3. The summed E-state index contributed by atoms with van der Waals surface area (Å²) in [6.45, 7) is 4.38. The van der Waals surface area contributed by atoms with Crippen molar-refractivity contribution in [3.05, 3.63) is 47.2 Å². The molecule has 1 aliphatic heterocycles. The second kappa shape index (κ2) is 9.06. The van der Waals surface area contributed by atoms with Crippen LogP contribution in [-0.4, -0.2) is 42.5 Å². The predicted molar refractivity (Wildman–Crippen MR) is 123 cm³/mol. The Kier molecular flexibility index (Phi) is 6.41. The molecule has 9 heteroatoms. The Morgan fingerprint density at radius 1 is 1.13 bits per heavy atom. The molecule has 7 nitrogen and oxygen atoms in total. The summed E-state index contributed by atoms with van der Waals surface area (Å²) < 4.78 is 35.2. The highest BCUT2D eigenvalue weighted by Gasteiger charge is 2.26. The maximum atomic E-state index is 13.1. The lowest BCUT2D eigenvalue weighted by Crippen LogP contribution is -2.35. The van der Waals surface area contributed by atoms with Gasteiger partial charge in [0.25, 0.3) is 0 Å². The highest BCUT2D eigenvalue weighted by Crippen LogP contribution is 2.29. The van der Waals surface area contributed by atoms with Crippen LogP contribution in [0.2, 0.25) is 5.02 Å². The first-order valence-electron chi connectivity index (χ1n) is 10.5. The van der Waals surface area contributed by atoms with E-state index in [2.05, 4.69) is 9.88 Å². The fraction of sp³-hybridized carbons (Fsp3) is 0.409. The molecule has 2 aromatic carbocycles. The molecule has 0 atom stereocenters. The second-order valence-corrected chi connectivity index (χ2v) is 9.96. The number of fused-ring (bicyclic) bond motifs is 1. The van der Waals surface area contributed by atoms with Crippen molar-refractivity contribution in [3.8, 4) is 5.75 Å². The predicted octanol–water partition coefficient (Wildman–Crippen LogP) is 4.50. The maximum absolute atomic E-state index is 13.1. The van der Waals surface area contributed by atoms with Gasteiger partial charge >= 0.3 is 0 Å². The molecule has 1 saturated heterocycles. The average molecular weight is 463 g/mol. The lowest BCUT2D eigenvalue weighted by Gasteiger charge is -2.25. The summed E-state index contributed by atoms with van der Waals surface area (Å²) in [6, 6.07) is 10.6. The zero-order valence-corrected chi connectivity index (χ0v) is 19.3. The first-order chi connectivity index (χ1) is 14.9. The van der Waals surface area contributed by atoms with Crippen LogP contribution in [0, 0.1) is 0 Å². The van der Waals surface area contributed by atoms with Gasteiger partial charge in [0.1, 0.15) is 11.6 Å². The van der Waals surface area contributed by atoms with Crippen molar-refractivity contribution in [1.82, 2.24) is 13.9 Å². The summed E-state index contributed by atoms with van der Waals surface area (Å²) in [4.78, 5) is 5.04. The van der Waals surface area contributed by atoms with E-state index in [0.29, 0.717) is 40.8 Å². The molecule has 3 aromatic rings. The fourth-order valence-electron chi connectivity index (χ4n) is 4.05. The minimum Gasteiger partial charge on any atom is -0.495 e. The number of halogens is 1. The van der Waals surface area contributed by atoms with Crippen molar-refractivity contribution in [3.63, 3.8) is 0 Å². The van der Waals surface area contributed by atoms with Crippen molar-refractivity contribution in [2.75, 3.05) is 25.5 Å². The van der Waals surface area contributed by atoms with E-state index in [1.165, 1.54) is 0 Å². The molecule has 4 rings (SSSR count). The van der Waals surface area contributed by atoms with Crippen LogP contribution < -0.4 is 10.1 Å². The van der Waals surface area contributed by atoms with Crippen molar-refractivity contribution in [2.24, 2.45) is 0 Å². The van der Waals surface area contributed by atoms with Crippen LogP contribution in [0.1, 0.15) is 32.0 Å². The SMILES string of the molecule is CCn1c(CNc2cc(Cl)ccc2OC)nc2cc(S(=O)(=O)N3CCCCC3)ccc21. The van der Waals surface area contributed by atoms with E-state index in [1.807, 2.05) is 25.1 Å². The third kappa shape index (κ3) is 4.37. The van der Waals surface area contributed by atoms with Crippen molar-refractivity contribution >= 4 is 38.3 Å². The standard InChI is InChI=1S/C22H27ClN4O3S/c1-3-27-20-9-8-17(31(28,29)26-11-5-4-6-12-26)14-18(20)25-22(27)15-24-19-13-16(23)7-10-21(19)30-2/h7-10,13-14,24H,3-6,11-12,15H2,1-2H3. The number of ether oxygens (including phenoxy) is 1. The molecule has 0 spiro atoms. The molecule has 1 aromatic heterocycles. The molecule has 31 heavy (non-hydrogen) atoms. The molecule has 0 aliphatic carbocycles. The van der Waals surface area contributed by atoms with Gasteiger partial charge in [-0.05, 0) is 56.2 Å². The third-order valence-electron chi connectivity index (χ3n) is 5.67. The van der Waals surface area contributed by atoms with Gasteiger partial charge in [0.2, 0.25) is 10.0 Å². The number of aromatic nitrogens is 2. The van der Waals surface area contributed by atoms with Gasteiger partial charge in [-0.1, -0.05) is 18.0 Å². The summed E-state index contributed by atoms with van der Waals surface area (Å²) in [6.07, 6.45) is 2.91.